The van der Waals surface area contributed by atoms with E-state index in [1.807, 2.05) is 36.3 Å². The minimum Gasteiger partial charge on any atom is -0.316 e. The first-order chi connectivity index (χ1) is 10.6. The summed E-state index contributed by atoms with van der Waals surface area (Å²) in [5.41, 5.74) is 2.76. The van der Waals surface area contributed by atoms with Gasteiger partial charge in [-0.25, -0.2) is 0 Å². The van der Waals surface area contributed by atoms with E-state index in [2.05, 4.69) is 16.1 Å². The molecule has 3 heterocycles. The van der Waals surface area contributed by atoms with Gasteiger partial charge in [-0.2, -0.15) is 5.10 Å². The van der Waals surface area contributed by atoms with Gasteiger partial charge in [0.05, 0.1) is 22.4 Å². The maximum Gasteiger partial charge on any atom is 0.177 e. The van der Waals surface area contributed by atoms with E-state index in [0.717, 1.165) is 22.7 Å². The fraction of sp³-hybridized carbons (Fsp3) is 0.333. The highest BCUT2D eigenvalue weighted by Crippen LogP contribution is 2.30. The molecule has 0 aliphatic carbocycles. The summed E-state index contributed by atoms with van der Waals surface area (Å²) in [6.45, 7) is 1.17. The van der Waals surface area contributed by atoms with Crippen LogP contribution in [0.5, 0.6) is 0 Å². The van der Waals surface area contributed by atoms with Gasteiger partial charge in [0.1, 0.15) is 17.8 Å². The van der Waals surface area contributed by atoms with Gasteiger partial charge in [0, 0.05) is 18.4 Å². The monoisotopic (exact) mass is 334 g/mol. The molecule has 0 fully saturated rings. The zero-order chi connectivity index (χ0) is 15.3. The van der Waals surface area contributed by atoms with Crippen LogP contribution in [-0.2, 0) is 10.8 Å². The van der Waals surface area contributed by atoms with E-state index in [9.17, 15) is 4.21 Å². The third kappa shape index (κ3) is 2.09. The van der Waals surface area contributed by atoms with Gasteiger partial charge in [-0.05, 0) is 11.6 Å². The van der Waals surface area contributed by atoms with E-state index < -0.39 is 10.8 Å². The molecule has 114 valence electrons. The molecular weight excluding hydrogens is 320 g/mol. The number of hydrogen-bond acceptors (Lipinski definition) is 5. The number of rotatable bonds is 1. The first-order valence-corrected chi connectivity index (χ1v) is 8.83. The van der Waals surface area contributed by atoms with Gasteiger partial charge in [0.15, 0.2) is 5.84 Å². The van der Waals surface area contributed by atoms with Gasteiger partial charge < -0.3 is 4.90 Å². The molecule has 22 heavy (non-hydrogen) atoms. The molecule has 1 aromatic rings. The molecule has 0 saturated heterocycles. The molecule has 0 radical (unpaired) electrons. The number of fused-ring (bicyclic) bond motifs is 3. The van der Waals surface area contributed by atoms with E-state index in [0.29, 0.717) is 24.0 Å². The molecule has 2 atom stereocenters. The molecule has 0 spiro atoms. The van der Waals surface area contributed by atoms with Crippen LogP contribution in [0.4, 0.5) is 0 Å². The molecule has 3 aliphatic heterocycles. The van der Waals surface area contributed by atoms with Crippen molar-refractivity contribution in [3.63, 3.8) is 0 Å². The van der Waals surface area contributed by atoms with E-state index in [1.54, 1.807) is 0 Å². The molecule has 0 bridgehead atoms. The lowest BCUT2D eigenvalue weighted by Crippen LogP contribution is -2.43. The van der Waals surface area contributed by atoms with Crippen molar-refractivity contribution >= 4 is 33.9 Å². The normalized spacial score (nSPS) is 26.9. The van der Waals surface area contributed by atoms with Crippen molar-refractivity contribution < 1.29 is 4.21 Å². The Balaban J connectivity index is 1.86. The standard InChI is InChI=1S/C15H15ClN4OS/c1-19-9-20-14(18-19)13(11-4-2-3-5-12(11)16)17-8-10-6-7-22(21)15(10)20/h2-6,15H,7-9H2,1H3. The number of benzene rings is 1. The van der Waals surface area contributed by atoms with Crippen LogP contribution in [0.2, 0.25) is 5.02 Å². The molecular formula is C15H15ClN4OS. The molecule has 3 aliphatic rings. The van der Waals surface area contributed by atoms with Crippen LogP contribution < -0.4 is 0 Å². The van der Waals surface area contributed by atoms with E-state index in [4.69, 9.17) is 16.6 Å². The Hall–Kier alpha value is -1.66. The quantitative estimate of drug-likeness (QED) is 0.734. The molecule has 7 heteroatoms. The summed E-state index contributed by atoms with van der Waals surface area (Å²) >= 11 is 6.34. The van der Waals surface area contributed by atoms with Gasteiger partial charge in [-0.1, -0.05) is 35.9 Å². The van der Waals surface area contributed by atoms with Crippen LogP contribution in [0.25, 0.3) is 0 Å². The predicted octanol–water partition coefficient (Wildman–Crippen LogP) is 1.68. The minimum atomic E-state index is -0.933. The second-order valence-electron chi connectivity index (χ2n) is 5.52. The van der Waals surface area contributed by atoms with Crippen molar-refractivity contribution in [2.24, 2.45) is 10.1 Å². The second kappa shape index (κ2) is 5.21. The second-order valence-corrected chi connectivity index (χ2v) is 7.46. The van der Waals surface area contributed by atoms with E-state index in [-0.39, 0.29) is 5.37 Å². The summed E-state index contributed by atoms with van der Waals surface area (Å²) < 4.78 is 12.4. The zero-order valence-corrected chi connectivity index (χ0v) is 13.6. The number of hydrazone groups is 1. The molecule has 2 unspecified atom stereocenters. The average Bonchev–Trinajstić information content (AvgIpc) is 3.00. The first-order valence-electron chi connectivity index (χ1n) is 7.07. The maximum atomic E-state index is 12.4. The van der Waals surface area contributed by atoms with Crippen LogP contribution >= 0.6 is 11.6 Å². The van der Waals surface area contributed by atoms with Gasteiger partial charge in [0.2, 0.25) is 0 Å². The van der Waals surface area contributed by atoms with Crippen molar-refractivity contribution in [3.05, 3.63) is 46.5 Å². The van der Waals surface area contributed by atoms with Gasteiger partial charge >= 0.3 is 0 Å². The maximum absolute atomic E-state index is 12.4. The van der Waals surface area contributed by atoms with E-state index >= 15 is 0 Å². The molecule has 1 aromatic carbocycles. The lowest BCUT2D eigenvalue weighted by atomic mass is 10.1. The summed E-state index contributed by atoms with van der Waals surface area (Å²) in [5.74, 6) is 1.36. The van der Waals surface area contributed by atoms with Crippen molar-refractivity contribution in [1.29, 1.82) is 0 Å². The highest BCUT2D eigenvalue weighted by atomic mass is 35.5. The fourth-order valence-corrected chi connectivity index (χ4v) is 4.79. The average molecular weight is 335 g/mol. The lowest BCUT2D eigenvalue weighted by Gasteiger charge is -2.26. The number of halogens is 1. The Labute approximate surface area is 136 Å². The van der Waals surface area contributed by atoms with Crippen molar-refractivity contribution in [1.82, 2.24) is 9.91 Å². The fourth-order valence-electron chi connectivity index (χ4n) is 3.04. The number of aliphatic imine (C=N–C) groups is 1. The lowest BCUT2D eigenvalue weighted by molar-refractivity contribution is 0.277. The van der Waals surface area contributed by atoms with Gasteiger partial charge in [-0.15, -0.1) is 0 Å². The van der Waals surface area contributed by atoms with Crippen LogP contribution in [0, 0.1) is 0 Å². The van der Waals surface area contributed by atoms with E-state index in [1.165, 1.54) is 0 Å². The Morgan fingerprint density at radius 1 is 1.36 bits per heavy atom. The molecule has 5 nitrogen and oxygen atoms in total. The largest absolute Gasteiger partial charge is 0.316 e. The number of hydrogen-bond donors (Lipinski definition) is 0. The highest BCUT2D eigenvalue weighted by Gasteiger charge is 2.41. The summed E-state index contributed by atoms with van der Waals surface area (Å²) in [6.07, 6.45) is 2.05. The predicted molar refractivity (Wildman–Crippen MR) is 89.6 cm³/mol. The summed E-state index contributed by atoms with van der Waals surface area (Å²) in [6, 6.07) is 7.64. The van der Waals surface area contributed by atoms with Crippen molar-refractivity contribution in [2.45, 2.75) is 5.37 Å². The molecule has 0 aromatic heterocycles. The SMILES string of the molecule is CN1CN2C(=N1)C(c1ccccc1Cl)=NCC1=CCS(=O)C12. The van der Waals surface area contributed by atoms with Crippen LogP contribution in [-0.4, -0.2) is 57.1 Å². The van der Waals surface area contributed by atoms with Crippen molar-refractivity contribution in [3.8, 4) is 0 Å². The minimum absolute atomic E-state index is 0.118. The van der Waals surface area contributed by atoms with Gasteiger partial charge in [0.25, 0.3) is 0 Å². The number of amidine groups is 1. The molecule has 0 amide bonds. The molecule has 0 saturated carbocycles. The first kappa shape index (κ1) is 14.0. The summed E-state index contributed by atoms with van der Waals surface area (Å²) in [4.78, 5) is 6.83. The highest BCUT2D eigenvalue weighted by molar-refractivity contribution is 7.86. The topological polar surface area (TPSA) is 48.3 Å². The summed E-state index contributed by atoms with van der Waals surface area (Å²) in [5, 5.41) is 6.97. The Kier molecular flexibility index (Phi) is 3.31. The third-order valence-corrected chi connectivity index (χ3v) is 5.89. The third-order valence-electron chi connectivity index (χ3n) is 4.01. The van der Waals surface area contributed by atoms with Crippen LogP contribution in [0.15, 0.2) is 46.0 Å². The Morgan fingerprint density at radius 2 is 2.18 bits per heavy atom. The van der Waals surface area contributed by atoms with Crippen molar-refractivity contribution in [2.75, 3.05) is 26.0 Å². The molecule has 0 N–H and O–H groups in total. The van der Waals surface area contributed by atoms with Gasteiger partial charge in [-0.3, -0.25) is 14.2 Å². The summed E-state index contributed by atoms with van der Waals surface area (Å²) in [7, 11) is 0.977. The smallest absolute Gasteiger partial charge is 0.177 e. The number of nitrogens with zero attached hydrogens (tertiary/aromatic N) is 4. The van der Waals surface area contributed by atoms with Crippen LogP contribution in [0.3, 0.4) is 0 Å². The Morgan fingerprint density at radius 3 is 3.00 bits per heavy atom. The van der Waals surface area contributed by atoms with Crippen LogP contribution in [0.1, 0.15) is 5.56 Å². The zero-order valence-electron chi connectivity index (χ0n) is 12.1. The molecule has 4 rings (SSSR count). The Bertz CT molecular complexity index is 758.